The average Bonchev–Trinajstić information content (AvgIpc) is 2.97. The van der Waals surface area contributed by atoms with Crippen molar-refractivity contribution in [3.05, 3.63) is 30.1 Å². The van der Waals surface area contributed by atoms with E-state index in [1.807, 2.05) is 6.07 Å². The Morgan fingerprint density at radius 3 is 3.00 bits per heavy atom. The lowest BCUT2D eigenvalue weighted by molar-refractivity contribution is -0.0450. The number of phenols is 1. The number of nitrogens with zero attached hydrogens (tertiary/aromatic N) is 3. The average molecular weight is 289 g/mol. The zero-order valence-corrected chi connectivity index (χ0v) is 12.2. The number of aromatic nitrogens is 2. The van der Waals surface area contributed by atoms with Gasteiger partial charge in [0.1, 0.15) is 11.9 Å². The maximum Gasteiger partial charge on any atom is 0.258 e. The van der Waals surface area contributed by atoms with E-state index >= 15 is 0 Å². The zero-order valence-electron chi connectivity index (χ0n) is 12.2. The first-order valence-corrected chi connectivity index (χ1v) is 7.12. The lowest BCUT2D eigenvalue weighted by atomic mass is 10.2. The minimum Gasteiger partial charge on any atom is -0.508 e. The molecule has 1 aliphatic rings. The Labute approximate surface area is 123 Å². The molecule has 0 radical (unpaired) electrons. The molecule has 1 fully saturated rings. The lowest BCUT2D eigenvalue weighted by Gasteiger charge is -2.34. The lowest BCUT2D eigenvalue weighted by Crippen LogP contribution is -2.42. The summed E-state index contributed by atoms with van der Waals surface area (Å²) >= 11 is 0. The van der Waals surface area contributed by atoms with E-state index in [4.69, 9.17) is 9.26 Å². The largest absolute Gasteiger partial charge is 0.508 e. The van der Waals surface area contributed by atoms with E-state index < -0.39 is 0 Å². The Kier molecular flexibility index (Phi) is 3.90. The monoisotopic (exact) mass is 289 g/mol. The summed E-state index contributed by atoms with van der Waals surface area (Å²) in [6.07, 6.45) is -0.170. The fourth-order valence-corrected chi connectivity index (χ4v) is 2.42. The highest BCUT2D eigenvalue weighted by Crippen LogP contribution is 2.25. The van der Waals surface area contributed by atoms with Gasteiger partial charge in [0.05, 0.1) is 6.61 Å². The minimum atomic E-state index is -0.170. The number of phenolic OH excluding ortho intramolecular Hbond substituents is 1. The van der Waals surface area contributed by atoms with Gasteiger partial charge in [-0.05, 0) is 32.0 Å². The number of hydrogen-bond acceptors (Lipinski definition) is 6. The Morgan fingerprint density at radius 2 is 2.24 bits per heavy atom. The first-order chi connectivity index (χ1) is 10.1. The first kappa shape index (κ1) is 14.0. The van der Waals surface area contributed by atoms with Crippen molar-refractivity contribution in [2.45, 2.75) is 26.0 Å². The van der Waals surface area contributed by atoms with Gasteiger partial charge in [0.25, 0.3) is 5.89 Å². The molecule has 1 aromatic carbocycles. The van der Waals surface area contributed by atoms with E-state index in [9.17, 15) is 5.11 Å². The topological polar surface area (TPSA) is 71.6 Å². The summed E-state index contributed by atoms with van der Waals surface area (Å²) < 4.78 is 11.0. The van der Waals surface area contributed by atoms with Crippen LogP contribution >= 0.6 is 0 Å². The third-order valence-corrected chi connectivity index (χ3v) is 3.65. The van der Waals surface area contributed by atoms with E-state index in [1.54, 1.807) is 18.2 Å². The molecule has 6 nitrogen and oxygen atoms in total. The molecule has 1 saturated heterocycles. The maximum atomic E-state index is 9.50. The molecule has 1 unspecified atom stereocenters. The van der Waals surface area contributed by atoms with Crippen LogP contribution < -0.4 is 0 Å². The van der Waals surface area contributed by atoms with E-state index in [0.717, 1.165) is 13.1 Å². The van der Waals surface area contributed by atoms with Crippen molar-refractivity contribution in [1.82, 2.24) is 15.0 Å². The van der Waals surface area contributed by atoms with Crippen LogP contribution in [0, 0.1) is 0 Å². The number of hydrogen-bond donors (Lipinski definition) is 1. The summed E-state index contributed by atoms with van der Waals surface area (Å²) in [6, 6.07) is 7.23. The van der Waals surface area contributed by atoms with Crippen molar-refractivity contribution >= 4 is 0 Å². The smallest absolute Gasteiger partial charge is 0.258 e. The molecule has 6 heteroatoms. The molecule has 0 aliphatic carbocycles. The van der Waals surface area contributed by atoms with Crippen LogP contribution in [0.5, 0.6) is 5.75 Å². The number of aromatic hydroxyl groups is 1. The van der Waals surface area contributed by atoms with Gasteiger partial charge < -0.3 is 14.4 Å². The molecule has 2 heterocycles. The van der Waals surface area contributed by atoms with Crippen LogP contribution in [0.2, 0.25) is 0 Å². The van der Waals surface area contributed by atoms with Crippen molar-refractivity contribution in [3.63, 3.8) is 0 Å². The Hall–Kier alpha value is -1.92. The quantitative estimate of drug-likeness (QED) is 0.934. The standard InChI is InChI=1S/C15H19N3O3/c1-10(2)18-6-7-20-13(9-18)14-16-15(21-17-14)11-4-3-5-12(19)8-11/h3-5,8,10,13,19H,6-7,9H2,1-2H3. The minimum absolute atomic E-state index is 0.170. The highest BCUT2D eigenvalue weighted by molar-refractivity contribution is 5.55. The van der Waals surface area contributed by atoms with Gasteiger partial charge >= 0.3 is 0 Å². The number of rotatable bonds is 3. The SMILES string of the molecule is CC(C)N1CCOC(c2noc(-c3cccc(O)c3)n2)C1. The molecule has 1 aliphatic heterocycles. The molecule has 2 aromatic rings. The molecule has 112 valence electrons. The van der Waals surface area contributed by atoms with Crippen molar-refractivity contribution in [3.8, 4) is 17.2 Å². The Balaban J connectivity index is 1.78. The Morgan fingerprint density at radius 1 is 1.38 bits per heavy atom. The van der Waals surface area contributed by atoms with E-state index in [-0.39, 0.29) is 11.9 Å². The predicted octanol–water partition coefficient (Wildman–Crippen LogP) is 2.22. The van der Waals surface area contributed by atoms with E-state index in [2.05, 4.69) is 28.9 Å². The van der Waals surface area contributed by atoms with Crippen molar-refractivity contribution in [2.75, 3.05) is 19.7 Å². The summed E-state index contributed by atoms with van der Waals surface area (Å²) in [5.41, 5.74) is 0.699. The van der Waals surface area contributed by atoms with Gasteiger partial charge in [-0.25, -0.2) is 0 Å². The fourth-order valence-electron chi connectivity index (χ4n) is 2.42. The number of morpholine rings is 1. The molecular weight excluding hydrogens is 270 g/mol. The van der Waals surface area contributed by atoms with Crippen LogP contribution in [0.25, 0.3) is 11.5 Å². The molecule has 21 heavy (non-hydrogen) atoms. The van der Waals surface area contributed by atoms with Crippen LogP contribution in [-0.2, 0) is 4.74 Å². The van der Waals surface area contributed by atoms with Crippen LogP contribution in [-0.4, -0.2) is 45.9 Å². The van der Waals surface area contributed by atoms with Gasteiger partial charge in [0, 0.05) is 24.7 Å². The molecule has 0 amide bonds. The number of benzene rings is 1. The van der Waals surface area contributed by atoms with Gasteiger partial charge in [-0.1, -0.05) is 11.2 Å². The second-order valence-corrected chi connectivity index (χ2v) is 5.46. The molecule has 1 atom stereocenters. The van der Waals surface area contributed by atoms with E-state index in [1.165, 1.54) is 0 Å². The normalized spacial score (nSPS) is 20.0. The second kappa shape index (κ2) is 5.83. The van der Waals surface area contributed by atoms with Crippen molar-refractivity contribution < 1.29 is 14.4 Å². The summed E-state index contributed by atoms with van der Waals surface area (Å²) in [4.78, 5) is 6.73. The first-order valence-electron chi connectivity index (χ1n) is 7.12. The summed E-state index contributed by atoms with van der Waals surface area (Å²) in [7, 11) is 0. The molecule has 3 rings (SSSR count). The number of ether oxygens (including phenoxy) is 1. The molecule has 1 aromatic heterocycles. The Bertz CT molecular complexity index is 612. The van der Waals surface area contributed by atoms with Crippen LogP contribution in [0.3, 0.4) is 0 Å². The molecular formula is C15H19N3O3. The van der Waals surface area contributed by atoms with Gasteiger partial charge in [0.15, 0.2) is 0 Å². The fraction of sp³-hybridized carbons (Fsp3) is 0.467. The summed E-state index contributed by atoms with van der Waals surface area (Å²) in [5, 5.41) is 13.5. The van der Waals surface area contributed by atoms with Gasteiger partial charge in [-0.15, -0.1) is 0 Å². The summed E-state index contributed by atoms with van der Waals surface area (Å²) in [6.45, 7) is 6.68. The maximum absolute atomic E-state index is 9.50. The predicted molar refractivity (Wildman–Crippen MR) is 76.8 cm³/mol. The van der Waals surface area contributed by atoms with Crippen LogP contribution in [0.4, 0.5) is 0 Å². The molecule has 0 saturated carbocycles. The van der Waals surface area contributed by atoms with Crippen molar-refractivity contribution in [1.29, 1.82) is 0 Å². The molecule has 0 spiro atoms. The molecule has 1 N–H and O–H groups in total. The zero-order chi connectivity index (χ0) is 14.8. The van der Waals surface area contributed by atoms with Gasteiger partial charge in [-0.3, -0.25) is 4.90 Å². The van der Waals surface area contributed by atoms with Crippen LogP contribution in [0.15, 0.2) is 28.8 Å². The second-order valence-electron chi connectivity index (χ2n) is 5.46. The molecule has 0 bridgehead atoms. The third-order valence-electron chi connectivity index (χ3n) is 3.65. The van der Waals surface area contributed by atoms with Crippen molar-refractivity contribution in [2.24, 2.45) is 0 Å². The highest BCUT2D eigenvalue weighted by Gasteiger charge is 2.27. The highest BCUT2D eigenvalue weighted by atomic mass is 16.5. The van der Waals surface area contributed by atoms with Gasteiger partial charge in [-0.2, -0.15) is 4.98 Å². The van der Waals surface area contributed by atoms with Crippen LogP contribution in [0.1, 0.15) is 25.8 Å². The third kappa shape index (κ3) is 3.06. The van der Waals surface area contributed by atoms with E-state index in [0.29, 0.717) is 29.9 Å². The van der Waals surface area contributed by atoms with Gasteiger partial charge in [0.2, 0.25) is 5.82 Å². The summed E-state index contributed by atoms with van der Waals surface area (Å²) in [5.74, 6) is 1.12.